The van der Waals surface area contributed by atoms with Gasteiger partial charge >= 0.3 is 0 Å². The molecule has 4 unspecified atom stereocenters. The summed E-state index contributed by atoms with van der Waals surface area (Å²) in [7, 11) is 0. The maximum atomic E-state index is 9.61. The average molecular weight is 182 g/mol. The Labute approximate surface area is 81.5 Å². The minimum atomic E-state index is -0.0811. The van der Waals surface area contributed by atoms with Crippen LogP contribution in [0.4, 0.5) is 0 Å². The number of fused-ring (bicyclic) bond motifs is 1. The van der Waals surface area contributed by atoms with Crippen molar-refractivity contribution in [1.29, 1.82) is 0 Å². The van der Waals surface area contributed by atoms with Gasteiger partial charge in [-0.15, -0.1) is 0 Å². The van der Waals surface area contributed by atoms with Gasteiger partial charge in [0.25, 0.3) is 0 Å². The smallest absolute Gasteiger partial charge is 0.0540 e. The lowest BCUT2D eigenvalue weighted by atomic mass is 9.70. The summed E-state index contributed by atoms with van der Waals surface area (Å²) in [5, 5.41) is 9.61. The molecule has 13 heavy (non-hydrogen) atoms. The summed E-state index contributed by atoms with van der Waals surface area (Å²) < 4.78 is 0. The van der Waals surface area contributed by atoms with E-state index in [4.69, 9.17) is 0 Å². The Balaban J connectivity index is 2.06. The second-order valence-corrected chi connectivity index (χ2v) is 5.54. The van der Waals surface area contributed by atoms with E-state index in [2.05, 4.69) is 6.92 Å². The first-order valence-electron chi connectivity index (χ1n) is 5.80. The highest BCUT2D eigenvalue weighted by molar-refractivity contribution is 4.96. The number of aliphatic hydroxyl groups is 1. The fraction of sp³-hybridized carbons (Fsp3) is 1.00. The average Bonchev–Trinajstić information content (AvgIpc) is 2.41. The first-order chi connectivity index (χ1) is 6.12. The van der Waals surface area contributed by atoms with Crippen molar-refractivity contribution < 1.29 is 5.11 Å². The van der Waals surface area contributed by atoms with Gasteiger partial charge in [-0.3, -0.25) is 0 Å². The Bertz CT molecular complexity index is 188. The Hall–Kier alpha value is -0.0400. The monoisotopic (exact) mass is 182 g/mol. The molecule has 2 saturated carbocycles. The summed E-state index contributed by atoms with van der Waals surface area (Å²) in [6.45, 7) is 4.41. The van der Waals surface area contributed by atoms with Crippen molar-refractivity contribution >= 4 is 0 Å². The molecule has 1 nitrogen and oxygen atoms in total. The summed E-state index contributed by atoms with van der Waals surface area (Å²) in [4.78, 5) is 0. The molecule has 0 aromatic heterocycles. The van der Waals surface area contributed by atoms with Gasteiger partial charge in [0, 0.05) is 0 Å². The van der Waals surface area contributed by atoms with Crippen LogP contribution in [-0.4, -0.2) is 11.2 Å². The SMILES string of the molecule is CC(O)C1CC2CCCCC2(C)C1. The molecule has 0 bridgehead atoms. The molecule has 2 aliphatic carbocycles. The van der Waals surface area contributed by atoms with E-state index in [-0.39, 0.29) is 6.10 Å². The Kier molecular flexibility index (Phi) is 2.39. The van der Waals surface area contributed by atoms with Crippen LogP contribution < -0.4 is 0 Å². The van der Waals surface area contributed by atoms with Crippen molar-refractivity contribution in [2.75, 3.05) is 0 Å². The molecule has 2 aliphatic rings. The molecule has 0 aromatic carbocycles. The minimum Gasteiger partial charge on any atom is -0.393 e. The van der Waals surface area contributed by atoms with Gasteiger partial charge in [0.2, 0.25) is 0 Å². The van der Waals surface area contributed by atoms with Crippen molar-refractivity contribution in [1.82, 2.24) is 0 Å². The molecule has 2 fully saturated rings. The second-order valence-electron chi connectivity index (χ2n) is 5.54. The van der Waals surface area contributed by atoms with Crippen molar-refractivity contribution in [2.24, 2.45) is 17.3 Å². The molecule has 76 valence electrons. The van der Waals surface area contributed by atoms with Crippen molar-refractivity contribution in [3.05, 3.63) is 0 Å². The summed E-state index contributed by atoms with van der Waals surface area (Å²) in [6.07, 6.45) is 8.14. The molecule has 0 aliphatic heterocycles. The second kappa shape index (κ2) is 3.27. The maximum Gasteiger partial charge on any atom is 0.0540 e. The predicted octanol–water partition coefficient (Wildman–Crippen LogP) is 2.97. The predicted molar refractivity (Wildman–Crippen MR) is 54.5 cm³/mol. The molecule has 1 heteroatoms. The molecular formula is C12H22O. The highest BCUT2D eigenvalue weighted by atomic mass is 16.3. The first-order valence-corrected chi connectivity index (χ1v) is 5.80. The molecule has 0 spiro atoms. The van der Waals surface area contributed by atoms with Crippen LogP contribution in [0.3, 0.4) is 0 Å². The zero-order valence-corrected chi connectivity index (χ0v) is 8.92. The molecule has 2 rings (SSSR count). The first kappa shape index (κ1) is 9.51. The van der Waals surface area contributed by atoms with E-state index >= 15 is 0 Å². The van der Waals surface area contributed by atoms with E-state index in [1.54, 1.807) is 0 Å². The molecular weight excluding hydrogens is 160 g/mol. The van der Waals surface area contributed by atoms with Gasteiger partial charge < -0.3 is 5.11 Å². The Morgan fingerprint density at radius 2 is 2.15 bits per heavy atom. The van der Waals surface area contributed by atoms with Crippen LogP contribution in [0.5, 0.6) is 0 Å². The lowest BCUT2D eigenvalue weighted by molar-refractivity contribution is 0.117. The van der Waals surface area contributed by atoms with Crippen LogP contribution >= 0.6 is 0 Å². The highest BCUT2D eigenvalue weighted by Gasteiger charge is 2.45. The number of rotatable bonds is 1. The summed E-state index contributed by atoms with van der Waals surface area (Å²) in [5.74, 6) is 1.51. The lowest BCUT2D eigenvalue weighted by Crippen LogP contribution is -2.25. The van der Waals surface area contributed by atoms with Gasteiger partial charge in [-0.2, -0.15) is 0 Å². The lowest BCUT2D eigenvalue weighted by Gasteiger charge is -2.36. The normalized spacial score (nSPS) is 47.3. The molecule has 0 saturated heterocycles. The van der Waals surface area contributed by atoms with Crippen molar-refractivity contribution in [3.8, 4) is 0 Å². The van der Waals surface area contributed by atoms with E-state index in [0.717, 1.165) is 5.92 Å². The fourth-order valence-corrected chi connectivity index (χ4v) is 3.56. The van der Waals surface area contributed by atoms with Gasteiger partial charge in [-0.05, 0) is 49.9 Å². The van der Waals surface area contributed by atoms with Gasteiger partial charge in [0.1, 0.15) is 0 Å². The minimum absolute atomic E-state index is 0.0811. The van der Waals surface area contributed by atoms with Crippen molar-refractivity contribution in [2.45, 2.75) is 58.5 Å². The third-order valence-electron chi connectivity index (χ3n) is 4.53. The largest absolute Gasteiger partial charge is 0.393 e. The zero-order chi connectivity index (χ0) is 9.47. The molecule has 0 heterocycles. The quantitative estimate of drug-likeness (QED) is 0.661. The number of aliphatic hydroxyl groups excluding tert-OH is 1. The zero-order valence-electron chi connectivity index (χ0n) is 8.92. The van der Waals surface area contributed by atoms with Crippen molar-refractivity contribution in [3.63, 3.8) is 0 Å². The summed E-state index contributed by atoms with van der Waals surface area (Å²) >= 11 is 0. The number of hydrogen-bond acceptors (Lipinski definition) is 1. The third-order valence-corrected chi connectivity index (χ3v) is 4.53. The third kappa shape index (κ3) is 1.63. The Morgan fingerprint density at radius 3 is 2.77 bits per heavy atom. The van der Waals surface area contributed by atoms with Crippen LogP contribution in [0, 0.1) is 17.3 Å². The van der Waals surface area contributed by atoms with E-state index in [0.29, 0.717) is 11.3 Å². The molecule has 0 radical (unpaired) electrons. The summed E-state index contributed by atoms with van der Waals surface area (Å²) in [6, 6.07) is 0. The van der Waals surface area contributed by atoms with Crippen LogP contribution in [0.2, 0.25) is 0 Å². The molecule has 0 aromatic rings. The van der Waals surface area contributed by atoms with Gasteiger partial charge in [0.15, 0.2) is 0 Å². The van der Waals surface area contributed by atoms with E-state index in [1.807, 2.05) is 6.92 Å². The number of hydrogen-bond donors (Lipinski definition) is 1. The summed E-state index contributed by atoms with van der Waals surface area (Å²) in [5.41, 5.74) is 0.583. The Morgan fingerprint density at radius 1 is 1.38 bits per heavy atom. The maximum absolute atomic E-state index is 9.61. The van der Waals surface area contributed by atoms with E-state index in [1.165, 1.54) is 38.5 Å². The van der Waals surface area contributed by atoms with Gasteiger partial charge in [-0.1, -0.05) is 19.8 Å². The van der Waals surface area contributed by atoms with Crippen LogP contribution in [0.15, 0.2) is 0 Å². The molecule has 4 atom stereocenters. The standard InChI is InChI=1S/C12H22O/c1-9(13)10-7-11-5-3-4-6-12(11,2)8-10/h9-11,13H,3-8H2,1-2H3. The topological polar surface area (TPSA) is 20.2 Å². The van der Waals surface area contributed by atoms with Crippen LogP contribution in [-0.2, 0) is 0 Å². The van der Waals surface area contributed by atoms with E-state index < -0.39 is 0 Å². The van der Waals surface area contributed by atoms with Crippen LogP contribution in [0.1, 0.15) is 52.4 Å². The molecule has 1 N–H and O–H groups in total. The highest BCUT2D eigenvalue weighted by Crippen LogP contribution is 2.54. The molecule has 0 amide bonds. The van der Waals surface area contributed by atoms with Crippen LogP contribution in [0.25, 0.3) is 0 Å². The van der Waals surface area contributed by atoms with E-state index in [9.17, 15) is 5.11 Å². The van der Waals surface area contributed by atoms with Gasteiger partial charge in [0.05, 0.1) is 6.10 Å². The van der Waals surface area contributed by atoms with Gasteiger partial charge in [-0.25, -0.2) is 0 Å². The fourth-order valence-electron chi connectivity index (χ4n) is 3.56.